The number of ketones is 1. The SMILES string of the molecule is [C-]#[N+]c1ccc2c3c([nH]c2c1)C(C)(C)c1cc(N2CCN(C(=O)CCCCCc4cccc5c4C(=O)N(C4CCC(=O)NC4=O)C5=O)CC2)c(CC)cc1C3=O. The number of aryl methyl sites for hydroxylation is 2. The molecule has 1 atom stereocenters. The Morgan fingerprint density at radius 1 is 0.893 bits per heavy atom. The number of rotatable bonds is 9. The molecule has 3 aromatic carbocycles. The van der Waals surface area contributed by atoms with E-state index in [9.17, 15) is 28.8 Å². The molecule has 286 valence electrons. The Morgan fingerprint density at radius 3 is 2.41 bits per heavy atom. The first-order valence-electron chi connectivity index (χ1n) is 19.5. The summed E-state index contributed by atoms with van der Waals surface area (Å²) in [6, 6.07) is 13.9. The molecule has 4 aliphatic rings. The highest BCUT2D eigenvalue weighted by molar-refractivity contribution is 6.24. The van der Waals surface area contributed by atoms with Crippen LogP contribution in [0.25, 0.3) is 15.7 Å². The Bertz CT molecular complexity index is 2410. The molecular weight excluding hydrogens is 709 g/mol. The molecular formula is C44H44N6O6. The molecule has 4 aromatic rings. The van der Waals surface area contributed by atoms with Crippen molar-refractivity contribution in [2.45, 2.75) is 83.6 Å². The quantitative estimate of drug-likeness (QED) is 0.121. The van der Waals surface area contributed by atoms with Gasteiger partial charge < -0.3 is 14.8 Å². The zero-order valence-electron chi connectivity index (χ0n) is 31.9. The Kier molecular flexibility index (Phi) is 9.35. The van der Waals surface area contributed by atoms with Crippen LogP contribution in [0.4, 0.5) is 11.4 Å². The maximum atomic E-state index is 14.1. The van der Waals surface area contributed by atoms with Gasteiger partial charge >= 0.3 is 0 Å². The topological polar surface area (TPSA) is 144 Å². The fourth-order valence-electron chi connectivity index (χ4n) is 9.06. The predicted molar refractivity (Wildman–Crippen MR) is 210 cm³/mol. The van der Waals surface area contributed by atoms with Crippen LogP contribution in [-0.2, 0) is 32.6 Å². The number of imide groups is 2. The highest BCUT2D eigenvalue weighted by atomic mass is 16.2. The van der Waals surface area contributed by atoms with Crippen LogP contribution >= 0.6 is 0 Å². The van der Waals surface area contributed by atoms with E-state index < -0.39 is 35.1 Å². The second-order valence-corrected chi connectivity index (χ2v) is 15.8. The van der Waals surface area contributed by atoms with Crippen LogP contribution in [0.15, 0.2) is 48.5 Å². The van der Waals surface area contributed by atoms with E-state index in [0.717, 1.165) is 68.7 Å². The van der Waals surface area contributed by atoms with Crippen LogP contribution in [0.2, 0.25) is 0 Å². The van der Waals surface area contributed by atoms with E-state index in [1.807, 2.05) is 23.1 Å². The number of benzene rings is 3. The van der Waals surface area contributed by atoms with E-state index in [4.69, 9.17) is 6.57 Å². The summed E-state index contributed by atoms with van der Waals surface area (Å²) in [5.74, 6) is -1.92. The van der Waals surface area contributed by atoms with E-state index in [0.29, 0.717) is 62.3 Å². The first kappa shape index (κ1) is 36.9. The van der Waals surface area contributed by atoms with Crippen LogP contribution in [0.3, 0.4) is 0 Å². The summed E-state index contributed by atoms with van der Waals surface area (Å²) in [4.78, 5) is 90.4. The van der Waals surface area contributed by atoms with Gasteiger partial charge in [-0.2, -0.15) is 0 Å². The number of unbranched alkanes of at least 4 members (excludes halogenated alkanes) is 2. The number of amides is 5. The van der Waals surface area contributed by atoms with Crippen LogP contribution in [0.1, 0.15) is 118 Å². The molecule has 1 unspecified atom stereocenters. The molecule has 8 rings (SSSR count). The second-order valence-electron chi connectivity index (χ2n) is 15.8. The van der Waals surface area contributed by atoms with Gasteiger partial charge in [0.25, 0.3) is 11.8 Å². The van der Waals surface area contributed by atoms with Crippen molar-refractivity contribution in [1.82, 2.24) is 20.1 Å². The van der Waals surface area contributed by atoms with Gasteiger partial charge in [0.2, 0.25) is 17.7 Å². The Morgan fingerprint density at radius 2 is 1.68 bits per heavy atom. The van der Waals surface area contributed by atoms with Crippen molar-refractivity contribution in [3.63, 3.8) is 0 Å². The lowest BCUT2D eigenvalue weighted by molar-refractivity contribution is -0.136. The summed E-state index contributed by atoms with van der Waals surface area (Å²) >= 11 is 0. The summed E-state index contributed by atoms with van der Waals surface area (Å²) in [5.41, 5.74) is 7.65. The van der Waals surface area contributed by atoms with E-state index in [2.05, 4.69) is 52.9 Å². The molecule has 12 heteroatoms. The molecule has 2 fully saturated rings. The highest BCUT2D eigenvalue weighted by Crippen LogP contribution is 2.46. The maximum absolute atomic E-state index is 14.1. The molecule has 2 saturated heterocycles. The minimum Gasteiger partial charge on any atom is -0.368 e. The van der Waals surface area contributed by atoms with Crippen molar-refractivity contribution in [3.8, 4) is 0 Å². The molecule has 2 N–H and O–H groups in total. The number of hydrogen-bond acceptors (Lipinski definition) is 7. The van der Waals surface area contributed by atoms with Gasteiger partial charge in [0.1, 0.15) is 6.04 Å². The normalized spacial score (nSPS) is 18.9. The molecule has 0 radical (unpaired) electrons. The zero-order valence-corrected chi connectivity index (χ0v) is 31.9. The third-order valence-electron chi connectivity index (χ3n) is 12.1. The fraction of sp³-hybridized carbons (Fsp3) is 0.386. The fourth-order valence-corrected chi connectivity index (χ4v) is 9.06. The lowest BCUT2D eigenvalue weighted by Crippen LogP contribution is -2.54. The molecule has 12 nitrogen and oxygen atoms in total. The number of nitrogens with zero attached hydrogens (tertiary/aromatic N) is 4. The van der Waals surface area contributed by atoms with Crippen molar-refractivity contribution in [2.24, 2.45) is 0 Å². The summed E-state index contributed by atoms with van der Waals surface area (Å²) in [6.07, 6.45) is 4.14. The maximum Gasteiger partial charge on any atom is 0.262 e. The lowest BCUT2D eigenvalue weighted by Gasteiger charge is -2.39. The van der Waals surface area contributed by atoms with Crippen molar-refractivity contribution < 1.29 is 28.8 Å². The van der Waals surface area contributed by atoms with Gasteiger partial charge in [-0.15, -0.1) is 0 Å². The number of H-pyrrole nitrogens is 1. The van der Waals surface area contributed by atoms with E-state index in [1.54, 1.807) is 18.2 Å². The van der Waals surface area contributed by atoms with Crippen molar-refractivity contribution in [2.75, 3.05) is 31.1 Å². The molecule has 0 spiro atoms. The van der Waals surface area contributed by atoms with Crippen LogP contribution in [0.5, 0.6) is 0 Å². The van der Waals surface area contributed by atoms with Gasteiger partial charge in [0, 0.05) is 72.3 Å². The average Bonchev–Trinajstić information content (AvgIpc) is 3.71. The number of carbonyl (C=O) groups excluding carboxylic acids is 6. The molecule has 4 heterocycles. The Labute approximate surface area is 325 Å². The number of carbonyl (C=O) groups is 6. The van der Waals surface area contributed by atoms with Gasteiger partial charge in [0.05, 0.1) is 23.3 Å². The third-order valence-corrected chi connectivity index (χ3v) is 12.1. The summed E-state index contributed by atoms with van der Waals surface area (Å²) in [6.45, 7) is 16.4. The van der Waals surface area contributed by atoms with Crippen molar-refractivity contribution in [3.05, 3.63) is 105 Å². The molecule has 3 aliphatic heterocycles. The third kappa shape index (κ3) is 6.06. The zero-order chi connectivity index (χ0) is 39.5. The van der Waals surface area contributed by atoms with Crippen LogP contribution in [0, 0.1) is 6.57 Å². The van der Waals surface area contributed by atoms with E-state index >= 15 is 0 Å². The van der Waals surface area contributed by atoms with Gasteiger partial charge in [-0.05, 0) is 73.1 Å². The van der Waals surface area contributed by atoms with Gasteiger partial charge in [-0.25, -0.2) is 4.85 Å². The highest BCUT2D eigenvalue weighted by Gasteiger charge is 2.45. The molecule has 56 heavy (non-hydrogen) atoms. The smallest absolute Gasteiger partial charge is 0.262 e. The van der Waals surface area contributed by atoms with Crippen molar-refractivity contribution in [1.29, 1.82) is 0 Å². The number of nitrogens with one attached hydrogen (secondary N) is 2. The summed E-state index contributed by atoms with van der Waals surface area (Å²) < 4.78 is 0. The standard InChI is InChI=1S/C44H44N6O6/c1-5-25-22-30-31(44(2,3)40-38(39(30)53)28-15-14-27(45-4)23-32(28)46-40)24-34(25)48-18-20-49(21-19-48)36(52)13-8-6-7-10-26-11-9-12-29-37(26)43(56)50(42(29)55)33-16-17-35(51)47-41(33)54/h9,11-12,14-15,22-24,33,46H,5-8,10,13,16-21H2,1-3H3,(H,47,51,54). The predicted octanol–water partition coefficient (Wildman–Crippen LogP) is 6.00. The number of aromatic amines is 1. The Balaban J connectivity index is 0.871. The first-order chi connectivity index (χ1) is 26.9. The van der Waals surface area contributed by atoms with Crippen LogP contribution < -0.4 is 10.2 Å². The minimum absolute atomic E-state index is 0.000459. The minimum atomic E-state index is -0.998. The number of piperazine rings is 1. The van der Waals surface area contributed by atoms with Gasteiger partial charge in [-0.3, -0.25) is 39.0 Å². The first-order valence-corrected chi connectivity index (χ1v) is 19.5. The molecule has 1 aromatic heterocycles. The number of piperidine rings is 1. The number of hydrogen-bond donors (Lipinski definition) is 2. The summed E-state index contributed by atoms with van der Waals surface area (Å²) in [7, 11) is 0. The molecule has 1 aliphatic carbocycles. The second kappa shape index (κ2) is 14.2. The van der Waals surface area contributed by atoms with Gasteiger partial charge in [0.15, 0.2) is 11.5 Å². The van der Waals surface area contributed by atoms with Gasteiger partial charge in [-0.1, -0.05) is 51.5 Å². The lowest BCUT2D eigenvalue weighted by atomic mass is 9.70. The van der Waals surface area contributed by atoms with E-state index in [-0.39, 0.29) is 30.1 Å². The average molecular weight is 753 g/mol. The number of anilines is 1. The monoisotopic (exact) mass is 752 g/mol. The summed E-state index contributed by atoms with van der Waals surface area (Å²) in [5, 5.41) is 3.07. The van der Waals surface area contributed by atoms with Crippen molar-refractivity contribution >= 4 is 57.6 Å². The van der Waals surface area contributed by atoms with E-state index in [1.165, 1.54) is 0 Å². The Hall–Kier alpha value is -6.09. The largest absolute Gasteiger partial charge is 0.368 e. The molecule has 0 saturated carbocycles. The van der Waals surface area contributed by atoms with Crippen LogP contribution in [-0.4, -0.2) is 82.3 Å². The number of aromatic nitrogens is 1. The molecule has 0 bridgehead atoms. The molecule has 5 amide bonds. The number of fused-ring (bicyclic) bond motifs is 5.